The van der Waals surface area contributed by atoms with Crippen molar-refractivity contribution >= 4 is 70.5 Å². The van der Waals surface area contributed by atoms with Crippen molar-refractivity contribution < 1.29 is 4.42 Å². The number of anilines is 3. The first-order valence-electron chi connectivity index (χ1n) is 26.1. The van der Waals surface area contributed by atoms with Gasteiger partial charge in [0.05, 0.1) is 16.5 Å². The van der Waals surface area contributed by atoms with Crippen LogP contribution in [0.2, 0.25) is 0 Å². The van der Waals surface area contributed by atoms with E-state index in [0.29, 0.717) is 0 Å². The van der Waals surface area contributed by atoms with Gasteiger partial charge >= 0.3 is 0 Å². The Kier molecular flexibility index (Phi) is 10.3. The van der Waals surface area contributed by atoms with Gasteiger partial charge in [-0.1, -0.05) is 218 Å². The van der Waals surface area contributed by atoms with E-state index in [2.05, 4.69) is 290 Å². The molecule has 15 rings (SSSR count). The first-order chi connectivity index (χ1) is 37.7. The Balaban J connectivity index is 0.983. The summed E-state index contributed by atoms with van der Waals surface area (Å²) in [5.41, 5.74) is 21.2. The second-order valence-electron chi connectivity index (χ2n) is 19.9. The van der Waals surface area contributed by atoms with Gasteiger partial charge in [0.15, 0.2) is 0 Å². The molecular formula is C73H47NOS. The van der Waals surface area contributed by atoms with Crippen molar-refractivity contribution in [2.45, 2.75) is 5.41 Å². The summed E-state index contributed by atoms with van der Waals surface area (Å²) in [5, 5.41) is 4.63. The van der Waals surface area contributed by atoms with Gasteiger partial charge in [-0.3, -0.25) is 0 Å². The molecule has 2 heterocycles. The molecule has 0 amide bonds. The summed E-state index contributed by atoms with van der Waals surface area (Å²) in [5.74, 6) is 0. The van der Waals surface area contributed by atoms with E-state index in [0.717, 1.165) is 44.6 Å². The Morgan fingerprint density at radius 2 is 0.829 bits per heavy atom. The van der Waals surface area contributed by atoms with E-state index in [1.54, 1.807) is 0 Å². The zero-order valence-electron chi connectivity index (χ0n) is 41.4. The van der Waals surface area contributed by atoms with Crippen molar-refractivity contribution in [1.82, 2.24) is 0 Å². The van der Waals surface area contributed by atoms with Crippen LogP contribution in [-0.4, -0.2) is 0 Å². The minimum absolute atomic E-state index is 0.642. The van der Waals surface area contributed by atoms with Gasteiger partial charge < -0.3 is 9.32 Å². The minimum atomic E-state index is -0.642. The van der Waals surface area contributed by atoms with Crippen molar-refractivity contribution in [2.24, 2.45) is 0 Å². The number of thiophene rings is 1. The predicted molar refractivity (Wildman–Crippen MR) is 320 cm³/mol. The van der Waals surface area contributed by atoms with E-state index in [4.69, 9.17) is 4.42 Å². The van der Waals surface area contributed by atoms with Crippen molar-refractivity contribution in [1.29, 1.82) is 0 Å². The number of fused-ring (bicyclic) bond motifs is 9. The van der Waals surface area contributed by atoms with Crippen LogP contribution in [0, 0.1) is 0 Å². The summed E-state index contributed by atoms with van der Waals surface area (Å²) in [6.07, 6.45) is 0. The quantitative estimate of drug-likeness (QED) is 0.143. The number of benzene rings is 12. The fourth-order valence-corrected chi connectivity index (χ4v) is 13.5. The van der Waals surface area contributed by atoms with E-state index < -0.39 is 5.41 Å². The molecule has 0 bridgehead atoms. The van der Waals surface area contributed by atoms with Crippen molar-refractivity contribution in [3.05, 3.63) is 307 Å². The molecule has 356 valence electrons. The molecule has 0 unspecified atom stereocenters. The van der Waals surface area contributed by atoms with Gasteiger partial charge in [-0.15, -0.1) is 11.3 Å². The van der Waals surface area contributed by atoms with E-state index in [1.165, 1.54) is 92.5 Å². The Bertz CT molecular complexity index is 4470. The lowest BCUT2D eigenvalue weighted by Gasteiger charge is -2.35. The van der Waals surface area contributed by atoms with Crippen LogP contribution in [-0.2, 0) is 5.41 Å². The third-order valence-electron chi connectivity index (χ3n) is 15.8. The minimum Gasteiger partial charge on any atom is -0.456 e. The Labute approximate surface area is 445 Å². The third kappa shape index (κ3) is 7.01. The summed E-state index contributed by atoms with van der Waals surface area (Å²) < 4.78 is 9.31. The molecule has 0 N–H and O–H groups in total. The lowest BCUT2D eigenvalue weighted by Crippen LogP contribution is -2.29. The smallest absolute Gasteiger partial charge is 0.137 e. The summed E-state index contributed by atoms with van der Waals surface area (Å²) in [6.45, 7) is 0. The first-order valence-corrected chi connectivity index (χ1v) is 26.9. The van der Waals surface area contributed by atoms with Crippen LogP contribution in [0.15, 0.2) is 290 Å². The molecule has 1 aliphatic carbocycles. The Morgan fingerprint density at radius 1 is 0.303 bits per heavy atom. The molecule has 14 aromatic rings. The lowest BCUT2D eigenvalue weighted by atomic mass is 9.67. The molecule has 0 aliphatic heterocycles. The molecule has 2 nitrogen and oxygen atoms in total. The molecular weight excluding hydrogens is 939 g/mol. The molecule has 76 heavy (non-hydrogen) atoms. The molecule has 0 saturated carbocycles. The van der Waals surface area contributed by atoms with E-state index in [-0.39, 0.29) is 0 Å². The fourth-order valence-electron chi connectivity index (χ4n) is 12.4. The molecule has 12 aromatic carbocycles. The van der Waals surface area contributed by atoms with Gasteiger partial charge in [0.25, 0.3) is 0 Å². The molecule has 0 radical (unpaired) electrons. The molecule has 2 aromatic heterocycles. The normalized spacial score (nSPS) is 12.6. The maximum atomic E-state index is 6.80. The lowest BCUT2D eigenvalue weighted by molar-refractivity contribution is 0.669. The maximum Gasteiger partial charge on any atom is 0.137 e. The van der Waals surface area contributed by atoms with Gasteiger partial charge in [-0.25, -0.2) is 0 Å². The predicted octanol–water partition coefficient (Wildman–Crippen LogP) is 20.5. The second kappa shape index (κ2) is 17.8. The highest BCUT2D eigenvalue weighted by Crippen LogP contribution is 2.57. The number of nitrogens with zero attached hydrogens (tertiary/aromatic N) is 1. The van der Waals surface area contributed by atoms with Gasteiger partial charge in [-0.2, -0.15) is 0 Å². The van der Waals surface area contributed by atoms with Crippen molar-refractivity contribution in [3.8, 4) is 55.6 Å². The molecule has 0 fully saturated rings. The summed E-state index contributed by atoms with van der Waals surface area (Å²) >= 11 is 1.86. The summed E-state index contributed by atoms with van der Waals surface area (Å²) in [6, 6.07) is 105. The molecule has 1 aliphatic rings. The number of hydrogen-bond acceptors (Lipinski definition) is 3. The van der Waals surface area contributed by atoms with Gasteiger partial charge in [0, 0.05) is 36.9 Å². The van der Waals surface area contributed by atoms with Crippen LogP contribution >= 0.6 is 11.3 Å². The molecule has 0 atom stereocenters. The number of hydrogen-bond donors (Lipinski definition) is 0. The number of furan rings is 1. The molecule has 0 spiro atoms. The van der Waals surface area contributed by atoms with Crippen LogP contribution in [0.5, 0.6) is 0 Å². The van der Waals surface area contributed by atoms with Crippen LogP contribution in [0.3, 0.4) is 0 Å². The standard InChI is InChI=1S/C73H47NOS/c1-4-18-48(19-5-1)51-36-38-52(39-37-51)59-30-16-35-70-71(59)63-47-58(41-43-69(63)76-70)74(66-33-17-34-68-72(66)62-45-54(40-42-67(62)75-68)50-22-8-3-9-23-50)57-27-15-26-56(46-57)73(55-25-14-24-53(44-55)49-20-6-2-7-21-49)64-31-12-10-28-60(64)61-29-11-13-32-65(61)73/h1-47H. The SMILES string of the molecule is c1ccc(-c2ccc(-c3cccc4sc5ccc(N(c6cccc(C7(c8cccc(-c9ccccc9)c8)c8ccccc8-c8ccccc87)c6)c6cccc7oc8ccc(-c9ccccc9)cc8c67)cc5c34)cc2)cc1. The first kappa shape index (κ1) is 44.0. The zero-order chi connectivity index (χ0) is 50.2. The number of rotatable bonds is 9. The topological polar surface area (TPSA) is 16.4 Å². The average Bonchev–Trinajstić information content (AvgIpc) is 4.18. The molecule has 3 heteroatoms. The maximum absolute atomic E-state index is 6.80. The van der Waals surface area contributed by atoms with E-state index in [9.17, 15) is 0 Å². The largest absolute Gasteiger partial charge is 0.456 e. The van der Waals surface area contributed by atoms with Gasteiger partial charge in [0.2, 0.25) is 0 Å². The van der Waals surface area contributed by atoms with Crippen LogP contribution in [0.4, 0.5) is 17.1 Å². The monoisotopic (exact) mass is 985 g/mol. The van der Waals surface area contributed by atoms with Gasteiger partial charge in [0.1, 0.15) is 11.2 Å². The van der Waals surface area contributed by atoms with Gasteiger partial charge in [-0.05, 0) is 145 Å². The van der Waals surface area contributed by atoms with Crippen molar-refractivity contribution in [3.63, 3.8) is 0 Å². The highest BCUT2D eigenvalue weighted by atomic mass is 32.1. The Hall–Kier alpha value is -9.54. The zero-order valence-corrected chi connectivity index (χ0v) is 42.2. The highest BCUT2D eigenvalue weighted by molar-refractivity contribution is 7.26. The van der Waals surface area contributed by atoms with Crippen LogP contribution in [0.1, 0.15) is 22.3 Å². The fraction of sp³-hybridized carbons (Fsp3) is 0.0137. The summed E-state index contributed by atoms with van der Waals surface area (Å²) in [7, 11) is 0. The van der Waals surface area contributed by atoms with Crippen molar-refractivity contribution in [2.75, 3.05) is 4.90 Å². The second-order valence-corrected chi connectivity index (χ2v) is 21.0. The third-order valence-corrected chi connectivity index (χ3v) is 16.9. The van der Waals surface area contributed by atoms with Crippen LogP contribution in [0.25, 0.3) is 97.7 Å². The molecule has 0 saturated heterocycles. The van der Waals surface area contributed by atoms with E-state index >= 15 is 0 Å². The average molecular weight is 986 g/mol. The highest BCUT2D eigenvalue weighted by Gasteiger charge is 2.46. The Morgan fingerprint density at radius 3 is 1.54 bits per heavy atom. The summed E-state index contributed by atoms with van der Waals surface area (Å²) in [4.78, 5) is 2.48. The van der Waals surface area contributed by atoms with E-state index in [1.807, 2.05) is 11.3 Å². The van der Waals surface area contributed by atoms with Crippen LogP contribution < -0.4 is 4.90 Å².